The zero-order valence-electron chi connectivity index (χ0n) is 12.7. The maximum absolute atomic E-state index is 10.9. The van der Waals surface area contributed by atoms with Gasteiger partial charge in [0.1, 0.15) is 5.75 Å². The first kappa shape index (κ1) is 16.0. The van der Waals surface area contributed by atoms with Gasteiger partial charge in [0.15, 0.2) is 0 Å². The van der Waals surface area contributed by atoms with E-state index in [-0.39, 0.29) is 0 Å². The summed E-state index contributed by atoms with van der Waals surface area (Å²) in [6.45, 7) is 4.09. The molecule has 2 aromatic carbocycles. The minimum atomic E-state index is -0.896. The van der Waals surface area contributed by atoms with Crippen LogP contribution in [0.25, 0.3) is 0 Å². The van der Waals surface area contributed by atoms with Crippen LogP contribution in [0.1, 0.15) is 28.4 Å². The second kappa shape index (κ2) is 8.20. The van der Waals surface area contributed by atoms with Gasteiger partial charge in [-0.25, -0.2) is 4.79 Å². The van der Waals surface area contributed by atoms with Crippen LogP contribution in [0.2, 0.25) is 0 Å². The number of rotatable bonds is 8. The lowest BCUT2D eigenvalue weighted by molar-refractivity contribution is 0.0696. The van der Waals surface area contributed by atoms with E-state index in [4.69, 9.17) is 9.84 Å². The van der Waals surface area contributed by atoms with E-state index in [2.05, 4.69) is 11.4 Å². The van der Waals surface area contributed by atoms with Crippen LogP contribution in [0.5, 0.6) is 5.75 Å². The minimum absolute atomic E-state index is 0.320. The lowest BCUT2D eigenvalue weighted by atomic mass is 10.1. The number of benzene rings is 2. The summed E-state index contributed by atoms with van der Waals surface area (Å²) in [6.07, 6.45) is 0.870. The molecule has 2 rings (SSSR count). The van der Waals surface area contributed by atoms with Gasteiger partial charge in [0.25, 0.3) is 0 Å². The van der Waals surface area contributed by atoms with E-state index in [1.165, 1.54) is 5.56 Å². The Labute approximate surface area is 130 Å². The first-order valence-electron chi connectivity index (χ1n) is 7.44. The van der Waals surface area contributed by atoms with Gasteiger partial charge in [-0.15, -0.1) is 0 Å². The molecular formula is C18H21NO3. The van der Waals surface area contributed by atoms with Gasteiger partial charge in [0, 0.05) is 6.54 Å². The predicted octanol–water partition coefficient (Wildman–Crippen LogP) is 3.12. The van der Waals surface area contributed by atoms with Gasteiger partial charge in [0.2, 0.25) is 0 Å². The fourth-order valence-corrected chi connectivity index (χ4v) is 2.28. The van der Waals surface area contributed by atoms with Crippen molar-refractivity contribution in [2.24, 2.45) is 0 Å². The average Bonchev–Trinajstić information content (AvgIpc) is 2.53. The van der Waals surface area contributed by atoms with Crippen molar-refractivity contribution in [2.75, 3.05) is 13.2 Å². The molecule has 0 saturated heterocycles. The van der Waals surface area contributed by atoms with Crippen LogP contribution < -0.4 is 10.1 Å². The SMILES string of the molecule is CCOc1ccccc1CCNCc1cccc(C(=O)O)c1. The van der Waals surface area contributed by atoms with E-state index in [9.17, 15) is 4.79 Å². The molecule has 4 nitrogen and oxygen atoms in total. The Hall–Kier alpha value is -2.33. The average molecular weight is 299 g/mol. The largest absolute Gasteiger partial charge is 0.494 e. The third kappa shape index (κ3) is 4.60. The Morgan fingerprint density at radius 1 is 1.18 bits per heavy atom. The molecular weight excluding hydrogens is 278 g/mol. The first-order valence-corrected chi connectivity index (χ1v) is 7.44. The van der Waals surface area contributed by atoms with Crippen LogP contribution in [-0.2, 0) is 13.0 Å². The summed E-state index contributed by atoms with van der Waals surface area (Å²) >= 11 is 0. The Morgan fingerprint density at radius 3 is 2.77 bits per heavy atom. The first-order chi connectivity index (χ1) is 10.7. The summed E-state index contributed by atoms with van der Waals surface area (Å²) in [4.78, 5) is 10.9. The maximum atomic E-state index is 10.9. The van der Waals surface area contributed by atoms with Crippen molar-refractivity contribution in [1.29, 1.82) is 0 Å². The smallest absolute Gasteiger partial charge is 0.335 e. The highest BCUT2D eigenvalue weighted by molar-refractivity contribution is 5.87. The van der Waals surface area contributed by atoms with Gasteiger partial charge in [-0.2, -0.15) is 0 Å². The molecule has 22 heavy (non-hydrogen) atoms. The molecule has 0 fully saturated rings. The minimum Gasteiger partial charge on any atom is -0.494 e. The van der Waals surface area contributed by atoms with Crippen LogP contribution in [0.15, 0.2) is 48.5 Å². The van der Waals surface area contributed by atoms with E-state index in [0.717, 1.165) is 24.3 Å². The Balaban J connectivity index is 1.85. The molecule has 0 aromatic heterocycles. The molecule has 0 unspecified atom stereocenters. The summed E-state index contributed by atoms with van der Waals surface area (Å²) < 4.78 is 5.60. The quantitative estimate of drug-likeness (QED) is 0.735. The summed E-state index contributed by atoms with van der Waals surface area (Å²) in [7, 11) is 0. The summed E-state index contributed by atoms with van der Waals surface area (Å²) in [5.41, 5.74) is 2.47. The van der Waals surface area contributed by atoms with Crippen molar-refractivity contribution in [3.05, 3.63) is 65.2 Å². The van der Waals surface area contributed by atoms with Crippen LogP contribution in [0.4, 0.5) is 0 Å². The molecule has 0 aliphatic heterocycles. The molecule has 0 saturated carbocycles. The van der Waals surface area contributed by atoms with Gasteiger partial charge < -0.3 is 15.2 Å². The highest BCUT2D eigenvalue weighted by atomic mass is 16.5. The standard InChI is InChI=1S/C18H21NO3/c1-2-22-17-9-4-3-7-15(17)10-11-19-13-14-6-5-8-16(12-14)18(20)21/h3-9,12,19H,2,10-11,13H2,1H3,(H,20,21). The molecule has 0 spiro atoms. The van der Waals surface area contributed by atoms with Crippen LogP contribution in [-0.4, -0.2) is 24.2 Å². The van der Waals surface area contributed by atoms with E-state index in [1.54, 1.807) is 18.2 Å². The fourth-order valence-electron chi connectivity index (χ4n) is 2.28. The number of carbonyl (C=O) groups is 1. The zero-order valence-corrected chi connectivity index (χ0v) is 12.7. The zero-order chi connectivity index (χ0) is 15.8. The molecule has 0 heterocycles. The number of ether oxygens (including phenoxy) is 1. The third-order valence-corrected chi connectivity index (χ3v) is 3.35. The number of aromatic carboxylic acids is 1. The van der Waals surface area contributed by atoms with E-state index < -0.39 is 5.97 Å². The molecule has 0 aliphatic carbocycles. The van der Waals surface area contributed by atoms with Gasteiger partial charge >= 0.3 is 5.97 Å². The van der Waals surface area contributed by atoms with Crippen molar-refractivity contribution in [2.45, 2.75) is 19.9 Å². The topological polar surface area (TPSA) is 58.6 Å². The second-order valence-corrected chi connectivity index (χ2v) is 4.97. The number of carboxylic acid groups (broad SMARTS) is 1. The molecule has 0 atom stereocenters. The van der Waals surface area contributed by atoms with Gasteiger partial charge in [-0.05, 0) is 49.2 Å². The normalized spacial score (nSPS) is 10.4. The molecule has 0 radical (unpaired) electrons. The lowest BCUT2D eigenvalue weighted by Crippen LogP contribution is -2.17. The monoisotopic (exact) mass is 299 g/mol. The summed E-state index contributed by atoms with van der Waals surface area (Å²) in [5, 5.41) is 12.3. The van der Waals surface area contributed by atoms with Crippen molar-refractivity contribution in [1.82, 2.24) is 5.32 Å². The number of hydrogen-bond acceptors (Lipinski definition) is 3. The molecule has 0 aliphatic rings. The van der Waals surface area contributed by atoms with Crippen molar-refractivity contribution in [3.63, 3.8) is 0 Å². The second-order valence-electron chi connectivity index (χ2n) is 4.97. The highest BCUT2D eigenvalue weighted by Gasteiger charge is 2.04. The van der Waals surface area contributed by atoms with Crippen molar-refractivity contribution >= 4 is 5.97 Å². The van der Waals surface area contributed by atoms with Crippen LogP contribution in [0, 0.1) is 0 Å². The highest BCUT2D eigenvalue weighted by Crippen LogP contribution is 2.18. The molecule has 2 N–H and O–H groups in total. The van der Waals surface area contributed by atoms with Crippen LogP contribution in [0.3, 0.4) is 0 Å². The van der Waals surface area contributed by atoms with E-state index >= 15 is 0 Å². The summed E-state index contributed by atoms with van der Waals surface area (Å²) in [5.74, 6) is 0.0344. The Morgan fingerprint density at radius 2 is 2.00 bits per heavy atom. The molecule has 0 amide bonds. The Kier molecular flexibility index (Phi) is 5.98. The summed E-state index contributed by atoms with van der Waals surface area (Å²) in [6, 6.07) is 15.0. The Bertz CT molecular complexity index is 625. The van der Waals surface area contributed by atoms with Gasteiger partial charge in [-0.1, -0.05) is 30.3 Å². The number of nitrogens with one attached hydrogen (secondary N) is 1. The number of carboxylic acids is 1. The predicted molar refractivity (Wildman–Crippen MR) is 86.4 cm³/mol. The number of hydrogen-bond donors (Lipinski definition) is 2. The van der Waals surface area contributed by atoms with Crippen LogP contribution >= 0.6 is 0 Å². The van der Waals surface area contributed by atoms with E-state index in [1.807, 2.05) is 31.2 Å². The maximum Gasteiger partial charge on any atom is 0.335 e. The molecule has 116 valence electrons. The molecule has 2 aromatic rings. The lowest BCUT2D eigenvalue weighted by Gasteiger charge is -2.10. The van der Waals surface area contributed by atoms with Crippen molar-refractivity contribution < 1.29 is 14.6 Å². The number of para-hydroxylation sites is 1. The third-order valence-electron chi connectivity index (χ3n) is 3.35. The fraction of sp³-hybridized carbons (Fsp3) is 0.278. The van der Waals surface area contributed by atoms with Crippen molar-refractivity contribution in [3.8, 4) is 5.75 Å². The molecule has 0 bridgehead atoms. The van der Waals surface area contributed by atoms with Gasteiger partial charge in [-0.3, -0.25) is 0 Å². The van der Waals surface area contributed by atoms with Gasteiger partial charge in [0.05, 0.1) is 12.2 Å². The van der Waals surface area contributed by atoms with E-state index in [0.29, 0.717) is 18.7 Å². The molecule has 4 heteroatoms.